The minimum absolute atomic E-state index is 0.0882. The summed E-state index contributed by atoms with van der Waals surface area (Å²) in [4.78, 5) is 0.144. The van der Waals surface area contributed by atoms with E-state index in [2.05, 4.69) is 20.7 Å². The number of aliphatic hydroxyl groups excluding tert-OH is 1. The van der Waals surface area contributed by atoms with Gasteiger partial charge in [-0.05, 0) is 44.9 Å². The number of rotatable bonds is 5. The van der Waals surface area contributed by atoms with Crippen molar-refractivity contribution in [1.82, 2.24) is 4.72 Å². The SMILES string of the molecule is Cc1c(N)cc(Br)cc1S(=O)(=O)NC(C)(C)CCO. The van der Waals surface area contributed by atoms with Crippen LogP contribution in [0.1, 0.15) is 25.8 Å². The molecular weight excluding hydrogens is 332 g/mol. The largest absolute Gasteiger partial charge is 0.398 e. The molecule has 1 rings (SSSR count). The van der Waals surface area contributed by atoms with Crippen molar-refractivity contribution in [3.8, 4) is 0 Å². The standard InChI is InChI=1S/C12H19BrN2O3S/c1-8-10(14)6-9(13)7-11(8)19(17,18)15-12(2,3)4-5-16/h6-7,15-16H,4-5,14H2,1-3H3. The lowest BCUT2D eigenvalue weighted by molar-refractivity contribution is 0.245. The van der Waals surface area contributed by atoms with E-state index in [0.717, 1.165) is 0 Å². The Balaban J connectivity index is 3.22. The lowest BCUT2D eigenvalue weighted by Crippen LogP contribution is -2.44. The van der Waals surface area contributed by atoms with Crippen molar-refractivity contribution >= 4 is 31.6 Å². The second-order valence-electron chi connectivity index (χ2n) is 5.08. The maximum atomic E-state index is 12.4. The van der Waals surface area contributed by atoms with Gasteiger partial charge in [0.1, 0.15) is 0 Å². The minimum Gasteiger partial charge on any atom is -0.398 e. The molecule has 0 aliphatic carbocycles. The Hall–Kier alpha value is -0.630. The fourth-order valence-corrected chi connectivity index (χ4v) is 4.07. The van der Waals surface area contributed by atoms with Crippen molar-refractivity contribution in [2.24, 2.45) is 0 Å². The molecule has 0 aromatic heterocycles. The molecule has 0 bridgehead atoms. The molecule has 1 aromatic carbocycles. The zero-order chi connectivity index (χ0) is 14.8. The number of nitrogen functional groups attached to an aromatic ring is 1. The van der Waals surface area contributed by atoms with E-state index in [1.54, 1.807) is 26.8 Å². The third kappa shape index (κ3) is 4.17. The van der Waals surface area contributed by atoms with Crippen LogP contribution < -0.4 is 10.5 Å². The van der Waals surface area contributed by atoms with E-state index in [4.69, 9.17) is 10.8 Å². The van der Waals surface area contributed by atoms with Crippen LogP contribution in [-0.2, 0) is 10.0 Å². The first-order chi connectivity index (χ1) is 8.59. The molecule has 0 radical (unpaired) electrons. The predicted octanol–water partition coefficient (Wildman–Crippen LogP) is 1.78. The van der Waals surface area contributed by atoms with Crippen LogP contribution in [0.5, 0.6) is 0 Å². The third-order valence-corrected chi connectivity index (χ3v) is 5.08. The Bertz CT molecular complexity index is 571. The monoisotopic (exact) mass is 350 g/mol. The van der Waals surface area contributed by atoms with Gasteiger partial charge in [-0.25, -0.2) is 13.1 Å². The lowest BCUT2D eigenvalue weighted by atomic mass is 10.0. The maximum Gasteiger partial charge on any atom is 0.241 e. The summed E-state index contributed by atoms with van der Waals surface area (Å²) in [6.07, 6.45) is 0.328. The summed E-state index contributed by atoms with van der Waals surface area (Å²) in [5.41, 5.74) is 5.97. The van der Waals surface area contributed by atoms with Gasteiger partial charge in [0.05, 0.1) is 4.90 Å². The van der Waals surface area contributed by atoms with E-state index in [1.807, 2.05) is 0 Å². The Labute approximate surface area is 122 Å². The van der Waals surface area contributed by atoms with Crippen LogP contribution >= 0.6 is 15.9 Å². The van der Waals surface area contributed by atoms with Crippen molar-refractivity contribution in [1.29, 1.82) is 0 Å². The van der Waals surface area contributed by atoms with Crippen LogP contribution in [0.2, 0.25) is 0 Å². The summed E-state index contributed by atoms with van der Waals surface area (Å²) in [5.74, 6) is 0. The maximum absolute atomic E-state index is 12.4. The zero-order valence-corrected chi connectivity index (χ0v) is 13.6. The summed E-state index contributed by atoms with van der Waals surface area (Å²) in [5, 5.41) is 8.95. The fourth-order valence-electron chi connectivity index (χ4n) is 1.70. The lowest BCUT2D eigenvalue weighted by Gasteiger charge is -2.25. The number of halogens is 1. The Kier molecular flexibility index (Phi) is 5.00. The zero-order valence-electron chi connectivity index (χ0n) is 11.2. The highest BCUT2D eigenvalue weighted by Crippen LogP contribution is 2.27. The van der Waals surface area contributed by atoms with E-state index in [0.29, 0.717) is 22.1 Å². The van der Waals surface area contributed by atoms with Gasteiger partial charge in [-0.2, -0.15) is 0 Å². The van der Waals surface area contributed by atoms with Crippen molar-refractivity contribution in [3.05, 3.63) is 22.2 Å². The van der Waals surface area contributed by atoms with Crippen LogP contribution in [0.15, 0.2) is 21.5 Å². The van der Waals surface area contributed by atoms with Crippen molar-refractivity contribution < 1.29 is 13.5 Å². The normalized spacial score (nSPS) is 12.7. The van der Waals surface area contributed by atoms with Gasteiger partial charge in [0, 0.05) is 22.3 Å². The summed E-state index contributed by atoms with van der Waals surface area (Å²) >= 11 is 3.24. The number of hydrogen-bond acceptors (Lipinski definition) is 4. The first-order valence-corrected chi connectivity index (χ1v) is 8.07. The summed E-state index contributed by atoms with van der Waals surface area (Å²) in [6, 6.07) is 3.18. The van der Waals surface area contributed by atoms with Crippen molar-refractivity contribution in [3.63, 3.8) is 0 Å². The molecule has 108 valence electrons. The van der Waals surface area contributed by atoms with Crippen LogP contribution in [-0.4, -0.2) is 25.7 Å². The quantitative estimate of drug-likeness (QED) is 0.705. The molecule has 0 heterocycles. The van der Waals surface area contributed by atoms with Gasteiger partial charge in [0.2, 0.25) is 10.0 Å². The van der Waals surface area contributed by atoms with Crippen molar-refractivity contribution in [2.75, 3.05) is 12.3 Å². The number of hydrogen-bond donors (Lipinski definition) is 3. The van der Waals surface area contributed by atoms with Gasteiger partial charge in [0.15, 0.2) is 0 Å². The Morgan fingerprint density at radius 2 is 2.00 bits per heavy atom. The van der Waals surface area contributed by atoms with Gasteiger partial charge >= 0.3 is 0 Å². The number of nitrogens with one attached hydrogen (secondary N) is 1. The molecule has 0 amide bonds. The number of aliphatic hydroxyl groups is 1. The smallest absolute Gasteiger partial charge is 0.241 e. The van der Waals surface area contributed by atoms with E-state index in [-0.39, 0.29) is 11.5 Å². The van der Waals surface area contributed by atoms with E-state index in [1.165, 1.54) is 6.07 Å². The molecule has 7 heteroatoms. The molecule has 0 spiro atoms. The van der Waals surface area contributed by atoms with Crippen molar-refractivity contribution in [2.45, 2.75) is 37.6 Å². The molecule has 0 saturated carbocycles. The number of benzene rings is 1. The first-order valence-electron chi connectivity index (χ1n) is 5.79. The molecule has 0 saturated heterocycles. The summed E-state index contributed by atoms with van der Waals surface area (Å²) < 4.78 is 27.9. The second kappa shape index (κ2) is 5.78. The average molecular weight is 351 g/mol. The molecule has 0 aliphatic heterocycles. The molecular formula is C12H19BrN2O3S. The van der Waals surface area contributed by atoms with E-state index >= 15 is 0 Å². The molecule has 5 nitrogen and oxygen atoms in total. The first kappa shape index (κ1) is 16.4. The highest BCUT2D eigenvalue weighted by Gasteiger charge is 2.27. The average Bonchev–Trinajstić information content (AvgIpc) is 2.21. The van der Waals surface area contributed by atoms with Gasteiger partial charge in [-0.1, -0.05) is 15.9 Å². The molecule has 0 fully saturated rings. The molecule has 4 N–H and O–H groups in total. The molecule has 0 unspecified atom stereocenters. The molecule has 19 heavy (non-hydrogen) atoms. The third-order valence-electron chi connectivity index (χ3n) is 2.80. The Morgan fingerprint density at radius 1 is 1.42 bits per heavy atom. The highest BCUT2D eigenvalue weighted by atomic mass is 79.9. The summed E-state index contributed by atoms with van der Waals surface area (Å²) in [7, 11) is -3.69. The Morgan fingerprint density at radius 3 is 2.53 bits per heavy atom. The molecule has 1 aromatic rings. The fraction of sp³-hybridized carbons (Fsp3) is 0.500. The number of nitrogens with two attached hydrogens (primary N) is 1. The van der Waals surface area contributed by atoms with Gasteiger partial charge in [-0.15, -0.1) is 0 Å². The summed E-state index contributed by atoms with van der Waals surface area (Å²) in [6.45, 7) is 5.01. The van der Waals surface area contributed by atoms with Crippen LogP contribution in [0.25, 0.3) is 0 Å². The molecule has 0 aliphatic rings. The van der Waals surface area contributed by atoms with Gasteiger partial charge < -0.3 is 10.8 Å². The van der Waals surface area contributed by atoms with Crippen LogP contribution in [0, 0.1) is 6.92 Å². The minimum atomic E-state index is -3.69. The van der Waals surface area contributed by atoms with Gasteiger partial charge in [-0.3, -0.25) is 0 Å². The van der Waals surface area contributed by atoms with Crippen LogP contribution in [0.3, 0.4) is 0 Å². The molecule has 0 atom stereocenters. The second-order valence-corrected chi connectivity index (χ2v) is 7.65. The highest BCUT2D eigenvalue weighted by molar-refractivity contribution is 9.10. The van der Waals surface area contributed by atoms with E-state index in [9.17, 15) is 8.42 Å². The van der Waals surface area contributed by atoms with Crippen LogP contribution in [0.4, 0.5) is 5.69 Å². The van der Waals surface area contributed by atoms with E-state index < -0.39 is 15.6 Å². The van der Waals surface area contributed by atoms with Gasteiger partial charge in [0.25, 0.3) is 0 Å². The number of anilines is 1. The topological polar surface area (TPSA) is 92.4 Å². The predicted molar refractivity (Wildman–Crippen MR) is 79.4 cm³/mol. The number of sulfonamides is 1.